The van der Waals surface area contributed by atoms with Crippen LogP contribution in [0.5, 0.6) is 0 Å². The number of alkyl halides is 3. The molecule has 1 spiro atoms. The smallest absolute Gasteiger partial charge is 0.407 e. The third-order valence-electron chi connectivity index (χ3n) is 7.55. The Morgan fingerprint density at radius 2 is 1.91 bits per heavy atom. The lowest BCUT2D eigenvalue weighted by Crippen LogP contribution is -2.47. The molecule has 0 radical (unpaired) electrons. The summed E-state index contributed by atoms with van der Waals surface area (Å²) < 4.78 is 44.1. The van der Waals surface area contributed by atoms with E-state index in [1.165, 1.54) is 12.3 Å². The van der Waals surface area contributed by atoms with Crippen LogP contribution >= 0.6 is 22.9 Å². The molecule has 0 aromatic carbocycles. The van der Waals surface area contributed by atoms with E-state index in [-0.39, 0.29) is 27.5 Å². The molecule has 1 aliphatic heterocycles. The maximum Gasteiger partial charge on any atom is 0.407 e. The van der Waals surface area contributed by atoms with Crippen molar-refractivity contribution >= 4 is 56.8 Å². The van der Waals surface area contributed by atoms with Gasteiger partial charge in [0, 0.05) is 43.3 Å². The molecular formula is C29H35ClF3N7O3S. The maximum absolute atomic E-state index is 13.0. The lowest BCUT2D eigenvalue weighted by molar-refractivity contribution is -0.126. The van der Waals surface area contributed by atoms with Crippen LogP contribution in [0.15, 0.2) is 24.4 Å². The Hall–Kier alpha value is -3.39. The van der Waals surface area contributed by atoms with Crippen molar-refractivity contribution in [3.63, 3.8) is 0 Å². The van der Waals surface area contributed by atoms with E-state index in [1.54, 1.807) is 32.9 Å². The average Bonchev–Trinajstić information content (AvgIpc) is 3.50. The fourth-order valence-corrected chi connectivity index (χ4v) is 6.98. The van der Waals surface area contributed by atoms with Gasteiger partial charge in [0.15, 0.2) is 0 Å². The second kappa shape index (κ2) is 12.5. The molecule has 4 heterocycles. The number of ether oxygens (including phenoxy) is 1. The predicted octanol–water partition coefficient (Wildman–Crippen LogP) is 5.96. The molecule has 0 bridgehead atoms. The summed E-state index contributed by atoms with van der Waals surface area (Å²) in [5, 5.41) is 9.54. The number of pyridine rings is 1. The number of aromatic nitrogens is 3. The highest BCUT2D eigenvalue weighted by Gasteiger charge is 2.49. The Labute approximate surface area is 262 Å². The average molecular weight is 654 g/mol. The van der Waals surface area contributed by atoms with Gasteiger partial charge in [0.25, 0.3) is 5.91 Å². The number of hydrogen-bond acceptors (Lipinski definition) is 9. The van der Waals surface area contributed by atoms with Gasteiger partial charge in [-0.3, -0.25) is 4.79 Å². The quantitative estimate of drug-likeness (QED) is 0.191. The Morgan fingerprint density at radius 3 is 2.59 bits per heavy atom. The van der Waals surface area contributed by atoms with Crippen molar-refractivity contribution < 1.29 is 27.5 Å². The number of carbonyl (C=O) groups is 2. The van der Waals surface area contributed by atoms with Crippen molar-refractivity contribution in [2.24, 2.45) is 5.41 Å². The minimum Gasteiger partial charge on any atom is -0.444 e. The third kappa shape index (κ3) is 8.20. The van der Waals surface area contributed by atoms with Crippen molar-refractivity contribution in [1.29, 1.82) is 0 Å². The van der Waals surface area contributed by atoms with Crippen LogP contribution in [-0.2, 0) is 11.2 Å². The SMILES string of the molecule is CC(C)(C)OC(=O)NCCCNC(=O)c1ccc(NC2CC3(CCN(c4nc(Cl)nc5sc(CC(F)(F)F)cc45)C3)C2)nc1. The van der Waals surface area contributed by atoms with Crippen LogP contribution < -0.4 is 20.9 Å². The number of rotatable bonds is 9. The molecule has 44 heavy (non-hydrogen) atoms. The van der Waals surface area contributed by atoms with E-state index >= 15 is 0 Å². The van der Waals surface area contributed by atoms with E-state index in [0.717, 1.165) is 43.7 Å². The van der Waals surface area contributed by atoms with Crippen molar-refractivity contribution in [3.05, 3.63) is 40.1 Å². The first-order chi connectivity index (χ1) is 20.7. The number of halogens is 4. The van der Waals surface area contributed by atoms with Crippen molar-refractivity contribution in [3.8, 4) is 0 Å². The van der Waals surface area contributed by atoms with Gasteiger partial charge in [-0.1, -0.05) is 0 Å². The molecule has 5 rings (SSSR count). The van der Waals surface area contributed by atoms with Crippen LogP contribution in [0.1, 0.15) is 61.7 Å². The standard InChI is InChI=1S/C29H35ClF3N7O3S/c1-27(2,3)43-26(42)35-9-4-8-34-23(41)17-5-6-21(36-15-17)37-18-12-28(13-18)7-10-40(16-28)22-20-11-19(14-29(31,32)33)44-24(20)39-25(30)38-22/h5-6,11,15,18H,4,7-10,12-14,16H2,1-3H3,(H,34,41)(H,35,42)(H,36,37). The predicted molar refractivity (Wildman–Crippen MR) is 164 cm³/mol. The normalized spacial score (nSPS) is 20.1. The van der Waals surface area contributed by atoms with E-state index in [0.29, 0.717) is 46.9 Å². The number of thiophene rings is 1. The highest BCUT2D eigenvalue weighted by molar-refractivity contribution is 7.18. The Bertz CT molecular complexity index is 1500. The van der Waals surface area contributed by atoms with E-state index in [1.807, 2.05) is 0 Å². The molecule has 2 aliphatic rings. The summed E-state index contributed by atoms with van der Waals surface area (Å²) in [7, 11) is 0. The lowest BCUT2D eigenvalue weighted by atomic mass is 9.65. The van der Waals surface area contributed by atoms with Gasteiger partial charge < -0.3 is 25.6 Å². The molecule has 0 unspecified atom stereocenters. The fraction of sp³-hybridized carbons (Fsp3) is 0.552. The highest BCUT2D eigenvalue weighted by atomic mass is 35.5. The van der Waals surface area contributed by atoms with Gasteiger partial charge in [-0.05, 0) is 81.7 Å². The minimum atomic E-state index is -4.30. The molecule has 1 saturated heterocycles. The van der Waals surface area contributed by atoms with Crippen LogP contribution in [0.2, 0.25) is 5.28 Å². The lowest BCUT2D eigenvalue weighted by Gasteiger charge is -2.45. The number of anilines is 2. The van der Waals surface area contributed by atoms with Crippen molar-refractivity contribution in [2.75, 3.05) is 36.4 Å². The second-order valence-corrected chi connectivity index (χ2v) is 13.9. The van der Waals surface area contributed by atoms with E-state index in [4.69, 9.17) is 16.3 Å². The number of hydrogen-bond donors (Lipinski definition) is 3. The summed E-state index contributed by atoms with van der Waals surface area (Å²) in [6.45, 7) is 7.62. The molecule has 3 aromatic rings. The van der Waals surface area contributed by atoms with Gasteiger partial charge >= 0.3 is 12.3 Å². The van der Waals surface area contributed by atoms with Crippen LogP contribution in [0, 0.1) is 5.41 Å². The molecule has 2 amide bonds. The summed E-state index contributed by atoms with van der Waals surface area (Å²) in [5.41, 5.74) is -0.0501. The largest absolute Gasteiger partial charge is 0.444 e. The molecule has 15 heteroatoms. The van der Waals surface area contributed by atoms with Crippen LogP contribution in [0.3, 0.4) is 0 Å². The third-order valence-corrected chi connectivity index (χ3v) is 8.75. The number of nitrogens with zero attached hydrogens (tertiary/aromatic N) is 4. The zero-order valence-electron chi connectivity index (χ0n) is 24.7. The highest BCUT2D eigenvalue weighted by Crippen LogP contribution is 2.50. The molecule has 10 nitrogen and oxygen atoms in total. The number of fused-ring (bicyclic) bond motifs is 1. The number of carbonyl (C=O) groups excluding carboxylic acids is 2. The Balaban J connectivity index is 1.07. The summed E-state index contributed by atoms with van der Waals surface area (Å²) in [6, 6.07) is 5.25. The zero-order valence-corrected chi connectivity index (χ0v) is 26.3. The molecule has 238 valence electrons. The summed E-state index contributed by atoms with van der Waals surface area (Å²) in [5.74, 6) is 1.02. The van der Waals surface area contributed by atoms with Crippen molar-refractivity contribution in [2.45, 2.75) is 70.7 Å². The Kier molecular flexibility index (Phi) is 9.13. The second-order valence-electron chi connectivity index (χ2n) is 12.4. The van der Waals surface area contributed by atoms with Gasteiger partial charge in [-0.25, -0.2) is 14.8 Å². The number of alkyl carbamates (subject to hydrolysis) is 1. The summed E-state index contributed by atoms with van der Waals surface area (Å²) >= 11 is 7.15. The first-order valence-electron chi connectivity index (χ1n) is 14.4. The summed E-state index contributed by atoms with van der Waals surface area (Å²) in [4.78, 5) is 39.9. The molecule has 3 aromatic heterocycles. The molecule has 0 atom stereocenters. The maximum atomic E-state index is 13.0. The molecule has 1 aliphatic carbocycles. The molecule has 1 saturated carbocycles. The van der Waals surface area contributed by atoms with Gasteiger partial charge in [0.2, 0.25) is 5.28 Å². The van der Waals surface area contributed by atoms with E-state index < -0.39 is 24.3 Å². The number of amides is 2. The van der Waals surface area contributed by atoms with Gasteiger partial charge in [-0.15, -0.1) is 11.3 Å². The topological polar surface area (TPSA) is 121 Å². The molecule has 3 N–H and O–H groups in total. The van der Waals surface area contributed by atoms with Gasteiger partial charge in [0.05, 0.1) is 17.4 Å². The fourth-order valence-electron chi connectivity index (χ4n) is 5.71. The zero-order chi connectivity index (χ0) is 31.7. The molecular weight excluding hydrogens is 619 g/mol. The summed E-state index contributed by atoms with van der Waals surface area (Å²) in [6.07, 6.45) is -0.943. The Morgan fingerprint density at radius 1 is 1.16 bits per heavy atom. The molecule has 2 fully saturated rings. The minimum absolute atomic E-state index is 0.0282. The van der Waals surface area contributed by atoms with E-state index in [2.05, 4.69) is 35.8 Å². The van der Waals surface area contributed by atoms with E-state index in [9.17, 15) is 22.8 Å². The van der Waals surface area contributed by atoms with Gasteiger partial charge in [0.1, 0.15) is 22.1 Å². The van der Waals surface area contributed by atoms with Crippen LogP contribution in [-0.4, -0.2) is 71.0 Å². The van der Waals surface area contributed by atoms with Crippen molar-refractivity contribution in [1.82, 2.24) is 25.6 Å². The van der Waals surface area contributed by atoms with Crippen LogP contribution in [0.4, 0.5) is 29.6 Å². The monoisotopic (exact) mass is 653 g/mol. The van der Waals surface area contributed by atoms with Crippen LogP contribution in [0.25, 0.3) is 10.2 Å². The van der Waals surface area contributed by atoms with Gasteiger partial charge in [-0.2, -0.15) is 18.2 Å². The first-order valence-corrected chi connectivity index (χ1v) is 15.6. The number of nitrogens with one attached hydrogen (secondary N) is 3. The first kappa shape index (κ1) is 32.0.